The Kier molecular flexibility index (Phi) is 11.6. The van der Waals surface area contributed by atoms with Crippen LogP contribution in [0.3, 0.4) is 0 Å². The fourth-order valence-corrected chi connectivity index (χ4v) is 6.00. The summed E-state index contributed by atoms with van der Waals surface area (Å²) in [6.45, 7) is 9.24. The van der Waals surface area contributed by atoms with Crippen LogP contribution in [0.15, 0.2) is 98.1 Å². The van der Waals surface area contributed by atoms with E-state index >= 15 is 0 Å². The maximum Gasteiger partial charge on any atom is 0.416 e. The lowest BCUT2D eigenvalue weighted by Crippen LogP contribution is -2.48. The average molecular weight is 636 g/mol. The topological polar surface area (TPSA) is 21.7 Å². The van der Waals surface area contributed by atoms with Gasteiger partial charge in [0.15, 0.2) is 6.29 Å². The van der Waals surface area contributed by atoms with Crippen LogP contribution in [-0.4, -0.2) is 37.0 Å². The highest BCUT2D eigenvalue weighted by atomic mass is 19.4. The molecule has 10 heteroatoms. The number of hydrogen-bond acceptors (Lipinski definition) is 3. The SMILES string of the molecule is C=CCC(C1CCOC(OCCc2cc(C(F)(F)F)cc(C(F)(F)F)c2)C1c1ccc(F)cc1)N(CC=C)Cc1ccccc1. The van der Waals surface area contributed by atoms with E-state index in [0.29, 0.717) is 44.7 Å². The molecule has 242 valence electrons. The largest absolute Gasteiger partial charge is 0.416 e. The van der Waals surface area contributed by atoms with Crippen molar-refractivity contribution in [1.82, 2.24) is 4.90 Å². The molecular weight excluding hydrogens is 599 g/mol. The Hall–Kier alpha value is -3.47. The third kappa shape index (κ3) is 9.28. The standard InChI is InChI=1S/C35H36F7NO2/c1-3-8-31(43(17-4-2)23-24-9-6-5-7-10-24)30-16-19-45-33(32(30)26-11-13-29(36)14-12-26)44-18-15-25-20-27(34(37,38)39)22-28(21-25)35(40,41)42/h3-7,9-14,20-22,30-33H,1-2,8,15-19,23H2. The minimum atomic E-state index is -4.94. The fraction of sp³-hybridized carbons (Fsp3) is 0.371. The average Bonchev–Trinajstić information content (AvgIpc) is 3.00. The molecule has 1 aliphatic rings. The Morgan fingerprint density at radius 2 is 1.51 bits per heavy atom. The second kappa shape index (κ2) is 15.2. The van der Waals surface area contributed by atoms with Gasteiger partial charge >= 0.3 is 12.4 Å². The summed E-state index contributed by atoms with van der Waals surface area (Å²) >= 11 is 0. The van der Waals surface area contributed by atoms with Crippen LogP contribution in [0.25, 0.3) is 0 Å². The van der Waals surface area contributed by atoms with Gasteiger partial charge in [0.05, 0.1) is 24.3 Å². The van der Waals surface area contributed by atoms with Gasteiger partial charge in [-0.1, -0.05) is 54.6 Å². The maximum absolute atomic E-state index is 14.0. The molecule has 0 bridgehead atoms. The quantitative estimate of drug-likeness (QED) is 0.138. The van der Waals surface area contributed by atoms with Crippen LogP contribution in [0.5, 0.6) is 0 Å². The molecule has 0 radical (unpaired) electrons. The summed E-state index contributed by atoms with van der Waals surface area (Å²) in [5.41, 5.74) is -1.06. The maximum atomic E-state index is 14.0. The van der Waals surface area contributed by atoms with Gasteiger partial charge in [0.25, 0.3) is 0 Å². The first-order valence-electron chi connectivity index (χ1n) is 14.7. The zero-order valence-corrected chi connectivity index (χ0v) is 24.7. The second-order valence-corrected chi connectivity index (χ2v) is 11.1. The van der Waals surface area contributed by atoms with Crippen molar-refractivity contribution in [2.45, 2.75) is 56.4 Å². The van der Waals surface area contributed by atoms with E-state index in [0.717, 1.165) is 11.1 Å². The summed E-state index contributed by atoms with van der Waals surface area (Å²) in [7, 11) is 0. The van der Waals surface area contributed by atoms with Crippen molar-refractivity contribution >= 4 is 0 Å². The molecule has 3 aromatic carbocycles. The summed E-state index contributed by atoms with van der Waals surface area (Å²) in [6.07, 6.45) is -6.07. The van der Waals surface area contributed by atoms with Gasteiger partial charge in [-0.15, -0.1) is 13.2 Å². The Morgan fingerprint density at radius 3 is 2.09 bits per heavy atom. The van der Waals surface area contributed by atoms with Crippen LogP contribution in [0.4, 0.5) is 30.7 Å². The van der Waals surface area contributed by atoms with Crippen molar-refractivity contribution in [2.75, 3.05) is 19.8 Å². The summed E-state index contributed by atoms with van der Waals surface area (Å²) in [6, 6.07) is 17.4. The van der Waals surface area contributed by atoms with Gasteiger partial charge in [0.1, 0.15) is 5.82 Å². The highest BCUT2D eigenvalue weighted by Crippen LogP contribution is 2.42. The number of halogens is 7. The second-order valence-electron chi connectivity index (χ2n) is 11.1. The lowest BCUT2D eigenvalue weighted by Gasteiger charge is -2.45. The van der Waals surface area contributed by atoms with Crippen molar-refractivity contribution < 1.29 is 40.2 Å². The normalized spacial score (nSPS) is 19.8. The van der Waals surface area contributed by atoms with Crippen molar-refractivity contribution in [3.8, 4) is 0 Å². The number of ether oxygens (including phenoxy) is 2. The summed E-state index contributed by atoms with van der Waals surface area (Å²) in [4.78, 5) is 2.29. The fourth-order valence-electron chi connectivity index (χ4n) is 6.00. The molecule has 1 heterocycles. The molecule has 0 saturated carbocycles. The minimum absolute atomic E-state index is 0.0661. The molecule has 0 N–H and O–H groups in total. The molecule has 1 saturated heterocycles. The van der Waals surface area contributed by atoms with E-state index in [4.69, 9.17) is 9.47 Å². The molecule has 3 aromatic rings. The molecule has 1 aliphatic heterocycles. The summed E-state index contributed by atoms with van der Waals surface area (Å²) in [5.74, 6) is -0.921. The lowest BCUT2D eigenvalue weighted by molar-refractivity contribution is -0.194. The van der Waals surface area contributed by atoms with Crippen molar-refractivity contribution in [3.05, 3.63) is 132 Å². The number of hydrogen-bond donors (Lipinski definition) is 0. The van der Waals surface area contributed by atoms with Crippen LogP contribution < -0.4 is 0 Å². The number of rotatable bonds is 13. The van der Waals surface area contributed by atoms with E-state index in [1.54, 1.807) is 12.1 Å². The van der Waals surface area contributed by atoms with Crippen LogP contribution in [0, 0.1) is 11.7 Å². The van der Waals surface area contributed by atoms with E-state index in [-0.39, 0.29) is 36.6 Å². The number of benzene rings is 3. The zero-order chi connectivity index (χ0) is 32.6. The van der Waals surface area contributed by atoms with E-state index in [1.807, 2.05) is 42.5 Å². The number of nitrogens with zero attached hydrogens (tertiary/aromatic N) is 1. The summed E-state index contributed by atoms with van der Waals surface area (Å²) < 4.78 is 106. The molecule has 4 atom stereocenters. The first kappa shape index (κ1) is 34.4. The highest BCUT2D eigenvalue weighted by Gasteiger charge is 2.42. The molecule has 45 heavy (non-hydrogen) atoms. The molecule has 3 nitrogen and oxygen atoms in total. The molecule has 4 rings (SSSR count). The van der Waals surface area contributed by atoms with Gasteiger partial charge in [0, 0.05) is 25.0 Å². The Balaban J connectivity index is 1.62. The van der Waals surface area contributed by atoms with Crippen molar-refractivity contribution in [2.24, 2.45) is 5.92 Å². The molecule has 0 spiro atoms. The third-order valence-electron chi connectivity index (χ3n) is 8.03. The molecule has 0 aromatic heterocycles. The Bertz CT molecular complexity index is 1360. The molecule has 0 amide bonds. The zero-order valence-electron chi connectivity index (χ0n) is 24.7. The van der Waals surface area contributed by atoms with Gasteiger partial charge in [-0.2, -0.15) is 26.3 Å². The molecule has 4 unspecified atom stereocenters. The van der Waals surface area contributed by atoms with Gasteiger partial charge in [-0.25, -0.2) is 4.39 Å². The van der Waals surface area contributed by atoms with E-state index < -0.39 is 41.5 Å². The van der Waals surface area contributed by atoms with Gasteiger partial charge < -0.3 is 9.47 Å². The molecule has 0 aliphatic carbocycles. The van der Waals surface area contributed by atoms with Crippen molar-refractivity contribution in [1.29, 1.82) is 0 Å². The van der Waals surface area contributed by atoms with E-state index in [9.17, 15) is 30.7 Å². The van der Waals surface area contributed by atoms with Gasteiger partial charge in [-0.3, -0.25) is 4.90 Å². The van der Waals surface area contributed by atoms with Gasteiger partial charge in [0.2, 0.25) is 0 Å². The van der Waals surface area contributed by atoms with E-state index in [1.165, 1.54) is 12.1 Å². The third-order valence-corrected chi connectivity index (χ3v) is 8.03. The first-order chi connectivity index (χ1) is 21.4. The highest BCUT2D eigenvalue weighted by molar-refractivity contribution is 5.34. The van der Waals surface area contributed by atoms with Crippen LogP contribution in [0.2, 0.25) is 0 Å². The first-order valence-corrected chi connectivity index (χ1v) is 14.7. The van der Waals surface area contributed by atoms with Gasteiger partial charge in [-0.05, 0) is 72.2 Å². The van der Waals surface area contributed by atoms with Crippen LogP contribution >= 0.6 is 0 Å². The Morgan fingerprint density at radius 1 is 0.867 bits per heavy atom. The summed E-state index contributed by atoms with van der Waals surface area (Å²) in [5, 5.41) is 0. The number of alkyl halides is 6. The van der Waals surface area contributed by atoms with E-state index in [2.05, 4.69) is 18.1 Å². The molecular formula is C35H36F7NO2. The van der Waals surface area contributed by atoms with Crippen LogP contribution in [0.1, 0.15) is 46.6 Å². The minimum Gasteiger partial charge on any atom is -0.352 e. The smallest absolute Gasteiger partial charge is 0.352 e. The predicted molar refractivity (Wildman–Crippen MR) is 159 cm³/mol. The monoisotopic (exact) mass is 635 g/mol. The van der Waals surface area contributed by atoms with Crippen LogP contribution in [-0.2, 0) is 34.8 Å². The van der Waals surface area contributed by atoms with Crippen molar-refractivity contribution in [3.63, 3.8) is 0 Å². The predicted octanol–water partition coefficient (Wildman–Crippen LogP) is 9.20. The Labute approximate surface area is 259 Å². The molecule has 1 fully saturated rings. The lowest BCUT2D eigenvalue weighted by atomic mass is 9.75.